The molecule has 1 aromatic carbocycles. The highest BCUT2D eigenvalue weighted by Gasteiger charge is 2.27. The second-order valence-corrected chi connectivity index (χ2v) is 7.87. The van der Waals surface area contributed by atoms with Crippen molar-refractivity contribution in [1.29, 1.82) is 0 Å². The quantitative estimate of drug-likeness (QED) is 0.886. The first-order valence-electron chi connectivity index (χ1n) is 6.69. The normalized spacial score (nSPS) is 20.2. The Hall–Kier alpha value is -1.27. The molecular formula is C14H18ClNO4S. The molecule has 0 bridgehead atoms. The second-order valence-electron chi connectivity index (χ2n) is 5.21. The van der Waals surface area contributed by atoms with Crippen molar-refractivity contribution in [2.75, 3.05) is 25.2 Å². The van der Waals surface area contributed by atoms with E-state index in [-0.39, 0.29) is 29.8 Å². The van der Waals surface area contributed by atoms with Crippen LogP contribution in [0, 0.1) is 5.92 Å². The lowest BCUT2D eigenvalue weighted by atomic mass is 10.1. The van der Waals surface area contributed by atoms with E-state index >= 15 is 0 Å². The molecule has 0 saturated carbocycles. The fourth-order valence-corrected chi connectivity index (χ4v) is 4.47. The van der Waals surface area contributed by atoms with Crippen molar-refractivity contribution in [3.05, 3.63) is 28.8 Å². The number of halogens is 1. The Morgan fingerprint density at radius 2 is 2.24 bits per heavy atom. The van der Waals surface area contributed by atoms with Crippen LogP contribution in [-0.4, -0.2) is 39.5 Å². The number of rotatable bonds is 5. The van der Waals surface area contributed by atoms with Crippen LogP contribution in [0.4, 0.5) is 0 Å². The summed E-state index contributed by atoms with van der Waals surface area (Å²) in [5.74, 6) is 0.835. The second kappa shape index (κ2) is 6.66. The van der Waals surface area contributed by atoms with Crippen molar-refractivity contribution in [3.63, 3.8) is 0 Å². The highest BCUT2D eigenvalue weighted by Crippen LogP contribution is 2.23. The van der Waals surface area contributed by atoms with Crippen LogP contribution in [0.5, 0.6) is 5.75 Å². The summed E-state index contributed by atoms with van der Waals surface area (Å²) in [6, 6.07) is 5.11. The predicted octanol–water partition coefficient (Wildman–Crippen LogP) is 1.44. The molecule has 7 heteroatoms. The number of carbonyl (C=O) groups is 1. The molecule has 1 amide bonds. The molecule has 1 N–H and O–H groups in total. The van der Waals surface area contributed by atoms with Gasteiger partial charge in [0.2, 0.25) is 5.91 Å². The van der Waals surface area contributed by atoms with Gasteiger partial charge in [-0.3, -0.25) is 4.79 Å². The maximum absolute atomic E-state index is 12.0. The zero-order chi connectivity index (χ0) is 15.5. The zero-order valence-corrected chi connectivity index (χ0v) is 13.3. The molecule has 0 radical (unpaired) electrons. The summed E-state index contributed by atoms with van der Waals surface area (Å²) in [4.78, 5) is 12.0. The molecule has 21 heavy (non-hydrogen) atoms. The molecule has 0 spiro atoms. The van der Waals surface area contributed by atoms with Gasteiger partial charge in [0.25, 0.3) is 0 Å². The van der Waals surface area contributed by atoms with Crippen molar-refractivity contribution in [2.24, 2.45) is 5.92 Å². The minimum atomic E-state index is -2.91. The number of ether oxygens (including phenoxy) is 1. The highest BCUT2D eigenvalue weighted by molar-refractivity contribution is 7.91. The monoisotopic (exact) mass is 331 g/mol. The third-order valence-corrected chi connectivity index (χ3v) is 5.58. The Labute approximate surface area is 129 Å². The van der Waals surface area contributed by atoms with Crippen LogP contribution >= 0.6 is 11.6 Å². The fourth-order valence-electron chi connectivity index (χ4n) is 2.41. The standard InChI is InChI=1S/C14H18ClNO4S/c1-20-13-3-2-12(15)6-11(13)7-14(17)16-8-10-4-5-21(18,19)9-10/h2-3,6,10H,4-5,7-9H2,1H3,(H,16,17). The number of amides is 1. The van der Waals surface area contributed by atoms with Gasteiger partial charge in [-0.1, -0.05) is 11.6 Å². The van der Waals surface area contributed by atoms with Crippen LogP contribution in [0.3, 0.4) is 0 Å². The van der Waals surface area contributed by atoms with Crippen LogP contribution in [-0.2, 0) is 21.1 Å². The summed E-state index contributed by atoms with van der Waals surface area (Å²) in [7, 11) is -1.37. The molecule has 1 heterocycles. The lowest BCUT2D eigenvalue weighted by Gasteiger charge is -2.11. The average molecular weight is 332 g/mol. The molecular weight excluding hydrogens is 314 g/mol. The summed E-state index contributed by atoms with van der Waals surface area (Å²) >= 11 is 5.92. The molecule has 1 aliphatic heterocycles. The van der Waals surface area contributed by atoms with Crippen molar-refractivity contribution in [3.8, 4) is 5.75 Å². The SMILES string of the molecule is COc1ccc(Cl)cc1CC(=O)NCC1CCS(=O)(=O)C1. The molecule has 1 saturated heterocycles. The van der Waals surface area contributed by atoms with Crippen molar-refractivity contribution >= 4 is 27.3 Å². The maximum atomic E-state index is 12.0. The van der Waals surface area contributed by atoms with E-state index in [9.17, 15) is 13.2 Å². The molecule has 116 valence electrons. The van der Waals surface area contributed by atoms with Crippen LogP contribution in [0.2, 0.25) is 5.02 Å². The van der Waals surface area contributed by atoms with Gasteiger partial charge in [-0.05, 0) is 30.5 Å². The maximum Gasteiger partial charge on any atom is 0.224 e. The van der Waals surface area contributed by atoms with Gasteiger partial charge >= 0.3 is 0 Å². The molecule has 1 atom stereocenters. The van der Waals surface area contributed by atoms with E-state index in [1.54, 1.807) is 18.2 Å². The summed E-state index contributed by atoms with van der Waals surface area (Å²) < 4.78 is 27.9. The zero-order valence-electron chi connectivity index (χ0n) is 11.8. The van der Waals surface area contributed by atoms with E-state index in [1.165, 1.54) is 7.11 Å². The topological polar surface area (TPSA) is 72.5 Å². The van der Waals surface area contributed by atoms with E-state index in [4.69, 9.17) is 16.3 Å². The summed E-state index contributed by atoms with van der Waals surface area (Å²) in [5, 5.41) is 3.32. The molecule has 1 aliphatic rings. The Morgan fingerprint density at radius 3 is 2.86 bits per heavy atom. The summed E-state index contributed by atoms with van der Waals surface area (Å²) in [6.45, 7) is 0.390. The van der Waals surface area contributed by atoms with Crippen LogP contribution < -0.4 is 10.1 Å². The van der Waals surface area contributed by atoms with Crippen LogP contribution in [0.1, 0.15) is 12.0 Å². The number of carbonyl (C=O) groups excluding carboxylic acids is 1. The summed E-state index contributed by atoms with van der Waals surface area (Å²) in [5.41, 5.74) is 0.710. The van der Waals surface area contributed by atoms with Crippen molar-refractivity contribution in [2.45, 2.75) is 12.8 Å². The number of hydrogen-bond donors (Lipinski definition) is 1. The number of hydrogen-bond acceptors (Lipinski definition) is 4. The summed E-state index contributed by atoms with van der Waals surface area (Å²) in [6.07, 6.45) is 0.770. The minimum absolute atomic E-state index is 0.0141. The Balaban J connectivity index is 1.89. The number of nitrogens with one attached hydrogen (secondary N) is 1. The number of benzene rings is 1. The molecule has 1 aromatic rings. The van der Waals surface area contributed by atoms with Gasteiger partial charge in [0.1, 0.15) is 5.75 Å². The van der Waals surface area contributed by atoms with Gasteiger partial charge in [0.15, 0.2) is 9.84 Å². The van der Waals surface area contributed by atoms with Gasteiger partial charge in [0.05, 0.1) is 25.0 Å². The van der Waals surface area contributed by atoms with Gasteiger partial charge in [-0.2, -0.15) is 0 Å². The minimum Gasteiger partial charge on any atom is -0.496 e. The van der Waals surface area contributed by atoms with E-state index in [0.29, 0.717) is 29.3 Å². The lowest BCUT2D eigenvalue weighted by molar-refractivity contribution is -0.120. The number of methoxy groups -OCH3 is 1. The van der Waals surface area contributed by atoms with Crippen molar-refractivity contribution in [1.82, 2.24) is 5.32 Å². The largest absolute Gasteiger partial charge is 0.496 e. The molecule has 0 aliphatic carbocycles. The van der Waals surface area contributed by atoms with Gasteiger partial charge < -0.3 is 10.1 Å². The molecule has 2 rings (SSSR count). The lowest BCUT2D eigenvalue weighted by Crippen LogP contribution is -2.31. The molecule has 1 fully saturated rings. The van der Waals surface area contributed by atoms with E-state index in [1.807, 2.05) is 0 Å². The number of sulfone groups is 1. The van der Waals surface area contributed by atoms with Gasteiger partial charge in [-0.15, -0.1) is 0 Å². The Kier molecular flexibility index (Phi) is 5.11. The third kappa shape index (κ3) is 4.61. The van der Waals surface area contributed by atoms with E-state index in [0.717, 1.165) is 0 Å². The highest BCUT2D eigenvalue weighted by atomic mass is 35.5. The third-order valence-electron chi connectivity index (χ3n) is 3.51. The smallest absolute Gasteiger partial charge is 0.224 e. The first kappa shape index (κ1) is 16.1. The fraction of sp³-hybridized carbons (Fsp3) is 0.500. The first-order valence-corrected chi connectivity index (χ1v) is 8.89. The predicted molar refractivity (Wildman–Crippen MR) is 81.5 cm³/mol. The van der Waals surface area contributed by atoms with Gasteiger partial charge in [-0.25, -0.2) is 8.42 Å². The first-order chi connectivity index (χ1) is 9.89. The van der Waals surface area contributed by atoms with Crippen LogP contribution in [0.15, 0.2) is 18.2 Å². The average Bonchev–Trinajstić information content (AvgIpc) is 2.76. The molecule has 0 aromatic heterocycles. The van der Waals surface area contributed by atoms with E-state index in [2.05, 4.69) is 5.32 Å². The van der Waals surface area contributed by atoms with Gasteiger partial charge in [0, 0.05) is 17.1 Å². The Morgan fingerprint density at radius 1 is 1.48 bits per heavy atom. The van der Waals surface area contributed by atoms with Crippen molar-refractivity contribution < 1.29 is 17.9 Å². The van der Waals surface area contributed by atoms with Crippen LogP contribution in [0.25, 0.3) is 0 Å². The molecule has 1 unspecified atom stereocenters. The van der Waals surface area contributed by atoms with E-state index < -0.39 is 9.84 Å². The Bertz CT molecular complexity index is 630. The molecule has 5 nitrogen and oxygen atoms in total.